The molecule has 6 heteroatoms. The van der Waals surface area contributed by atoms with Crippen LogP contribution in [0.25, 0.3) is 5.65 Å². The summed E-state index contributed by atoms with van der Waals surface area (Å²) < 4.78 is 6.79. The quantitative estimate of drug-likeness (QED) is 0.879. The number of carbonyl (C=O) groups is 1. The first-order valence-corrected chi connectivity index (χ1v) is 5.70. The number of amides is 1. The lowest BCUT2D eigenvalue weighted by Crippen LogP contribution is -2.32. The molecular weight excluding hydrogens is 232 g/mol. The molecule has 2 rings (SSSR count). The molecule has 0 spiro atoms. The Bertz CT molecular complexity index is 523. The van der Waals surface area contributed by atoms with Crippen LogP contribution < -0.4 is 5.32 Å². The summed E-state index contributed by atoms with van der Waals surface area (Å²) in [4.78, 5) is 15.6. The first-order chi connectivity index (χ1) is 8.44. The van der Waals surface area contributed by atoms with Crippen LogP contribution >= 0.6 is 0 Å². The third-order valence-electron chi connectivity index (χ3n) is 2.10. The van der Waals surface area contributed by atoms with Gasteiger partial charge in [0.25, 0.3) is 0 Å². The summed E-state index contributed by atoms with van der Waals surface area (Å²) in [6, 6.07) is 3.61. The van der Waals surface area contributed by atoms with E-state index in [0.29, 0.717) is 6.54 Å². The largest absolute Gasteiger partial charge is 0.444 e. The van der Waals surface area contributed by atoms with Crippen molar-refractivity contribution in [3.8, 4) is 0 Å². The lowest BCUT2D eigenvalue weighted by atomic mass is 10.2. The number of alkyl carbamates (subject to hydrolysis) is 1. The van der Waals surface area contributed by atoms with Gasteiger partial charge in [-0.3, -0.25) is 0 Å². The Morgan fingerprint density at radius 3 is 2.94 bits per heavy atom. The van der Waals surface area contributed by atoms with E-state index in [1.165, 1.54) is 0 Å². The highest BCUT2D eigenvalue weighted by atomic mass is 16.6. The van der Waals surface area contributed by atoms with Crippen molar-refractivity contribution in [1.29, 1.82) is 0 Å². The Morgan fingerprint density at radius 1 is 1.50 bits per heavy atom. The molecule has 1 N–H and O–H groups in total. The van der Waals surface area contributed by atoms with Gasteiger partial charge in [0.05, 0.1) is 12.2 Å². The third kappa shape index (κ3) is 3.19. The minimum atomic E-state index is -0.495. The molecule has 0 atom stereocenters. The molecule has 0 aliphatic carbocycles. The Kier molecular flexibility index (Phi) is 3.18. The fraction of sp³-hybridized carbons (Fsp3) is 0.417. The van der Waals surface area contributed by atoms with Gasteiger partial charge >= 0.3 is 6.09 Å². The smallest absolute Gasteiger partial charge is 0.407 e. The molecule has 1 amide bonds. The van der Waals surface area contributed by atoms with Crippen LogP contribution in [0.3, 0.4) is 0 Å². The fourth-order valence-electron chi connectivity index (χ4n) is 1.44. The van der Waals surface area contributed by atoms with Crippen LogP contribution in [0.1, 0.15) is 26.5 Å². The van der Waals surface area contributed by atoms with E-state index in [2.05, 4.69) is 15.4 Å². The van der Waals surface area contributed by atoms with Crippen molar-refractivity contribution >= 4 is 11.7 Å². The number of aromatic nitrogens is 3. The van der Waals surface area contributed by atoms with Crippen molar-refractivity contribution in [1.82, 2.24) is 19.9 Å². The highest BCUT2D eigenvalue weighted by Gasteiger charge is 2.16. The standard InChI is InChI=1S/C12H16N4O2/c1-12(2,3)18-11(17)14-8-9-7-10-13-5-4-6-16(10)15-9/h4-7H,8H2,1-3H3,(H,14,17). The minimum Gasteiger partial charge on any atom is -0.444 e. The summed E-state index contributed by atoms with van der Waals surface area (Å²) in [5.74, 6) is 0. The van der Waals surface area contributed by atoms with E-state index in [-0.39, 0.29) is 0 Å². The van der Waals surface area contributed by atoms with Gasteiger partial charge in [-0.2, -0.15) is 5.10 Å². The summed E-state index contributed by atoms with van der Waals surface area (Å²) in [7, 11) is 0. The van der Waals surface area contributed by atoms with Crippen molar-refractivity contribution in [2.45, 2.75) is 32.9 Å². The zero-order valence-corrected chi connectivity index (χ0v) is 10.7. The van der Waals surface area contributed by atoms with E-state index in [9.17, 15) is 4.79 Å². The molecule has 0 saturated carbocycles. The van der Waals surface area contributed by atoms with Gasteiger partial charge < -0.3 is 10.1 Å². The molecule has 0 aromatic carbocycles. The van der Waals surface area contributed by atoms with Gasteiger partial charge in [-0.1, -0.05) is 0 Å². The van der Waals surface area contributed by atoms with Gasteiger partial charge in [0.15, 0.2) is 5.65 Å². The predicted octanol–water partition coefficient (Wildman–Crippen LogP) is 1.75. The zero-order chi connectivity index (χ0) is 13.2. The van der Waals surface area contributed by atoms with E-state index in [1.807, 2.05) is 26.8 Å². The van der Waals surface area contributed by atoms with Gasteiger partial charge in [-0.25, -0.2) is 14.3 Å². The second kappa shape index (κ2) is 4.64. The summed E-state index contributed by atoms with van der Waals surface area (Å²) in [6.07, 6.45) is 3.05. The first kappa shape index (κ1) is 12.3. The summed E-state index contributed by atoms with van der Waals surface area (Å²) in [6.45, 7) is 5.78. The van der Waals surface area contributed by atoms with Crippen LogP contribution in [-0.2, 0) is 11.3 Å². The van der Waals surface area contributed by atoms with Gasteiger partial charge in [0.2, 0.25) is 0 Å². The number of nitrogens with one attached hydrogen (secondary N) is 1. The minimum absolute atomic E-state index is 0.318. The molecule has 0 bridgehead atoms. The molecule has 0 fully saturated rings. The maximum atomic E-state index is 11.5. The molecule has 2 heterocycles. The van der Waals surface area contributed by atoms with Gasteiger partial charge in [0, 0.05) is 18.5 Å². The Hall–Kier alpha value is -2.11. The molecule has 6 nitrogen and oxygen atoms in total. The average Bonchev–Trinajstić information content (AvgIpc) is 2.66. The molecule has 0 unspecified atom stereocenters. The van der Waals surface area contributed by atoms with Gasteiger partial charge in [-0.15, -0.1) is 0 Å². The number of carbonyl (C=O) groups excluding carboxylic acids is 1. The van der Waals surface area contributed by atoms with Crippen LogP contribution in [0, 0.1) is 0 Å². The number of ether oxygens (including phenoxy) is 1. The lowest BCUT2D eigenvalue weighted by Gasteiger charge is -2.19. The maximum Gasteiger partial charge on any atom is 0.407 e. The zero-order valence-electron chi connectivity index (χ0n) is 10.7. The van der Waals surface area contributed by atoms with Crippen molar-refractivity contribution in [3.05, 3.63) is 30.2 Å². The SMILES string of the molecule is CC(C)(C)OC(=O)NCc1cc2ncccn2n1. The summed E-state index contributed by atoms with van der Waals surface area (Å²) in [5, 5.41) is 6.92. The molecule has 0 saturated heterocycles. The second-order valence-electron chi connectivity index (χ2n) is 4.91. The normalized spacial score (nSPS) is 11.5. The fourth-order valence-corrected chi connectivity index (χ4v) is 1.44. The molecule has 18 heavy (non-hydrogen) atoms. The van der Waals surface area contributed by atoms with Crippen LogP contribution in [0.4, 0.5) is 4.79 Å². The molecule has 0 aliphatic rings. The first-order valence-electron chi connectivity index (χ1n) is 5.70. The summed E-state index contributed by atoms with van der Waals surface area (Å²) >= 11 is 0. The van der Waals surface area contributed by atoms with Crippen LogP contribution in [0.15, 0.2) is 24.5 Å². The van der Waals surface area contributed by atoms with E-state index >= 15 is 0 Å². The lowest BCUT2D eigenvalue weighted by molar-refractivity contribution is 0.0523. The van der Waals surface area contributed by atoms with E-state index in [0.717, 1.165) is 11.3 Å². The second-order valence-corrected chi connectivity index (χ2v) is 4.91. The molecule has 2 aromatic rings. The molecule has 2 aromatic heterocycles. The van der Waals surface area contributed by atoms with Gasteiger partial charge in [0.1, 0.15) is 5.60 Å². The van der Waals surface area contributed by atoms with Crippen LogP contribution in [0.2, 0.25) is 0 Å². The number of nitrogens with zero attached hydrogens (tertiary/aromatic N) is 3. The van der Waals surface area contributed by atoms with E-state index in [4.69, 9.17) is 4.74 Å². The van der Waals surface area contributed by atoms with Gasteiger partial charge in [-0.05, 0) is 26.8 Å². The number of hydrogen-bond acceptors (Lipinski definition) is 4. The van der Waals surface area contributed by atoms with Crippen LogP contribution in [0.5, 0.6) is 0 Å². The summed E-state index contributed by atoms with van der Waals surface area (Å²) in [5.41, 5.74) is 0.989. The van der Waals surface area contributed by atoms with Crippen molar-refractivity contribution in [2.24, 2.45) is 0 Å². The molecule has 96 valence electrons. The highest BCUT2D eigenvalue weighted by molar-refractivity contribution is 5.67. The average molecular weight is 248 g/mol. The monoisotopic (exact) mass is 248 g/mol. The van der Waals surface area contributed by atoms with Crippen LogP contribution in [-0.4, -0.2) is 26.3 Å². The predicted molar refractivity (Wildman–Crippen MR) is 66.1 cm³/mol. The van der Waals surface area contributed by atoms with E-state index < -0.39 is 11.7 Å². The Balaban J connectivity index is 1.96. The topological polar surface area (TPSA) is 68.5 Å². The van der Waals surface area contributed by atoms with Crippen molar-refractivity contribution in [3.63, 3.8) is 0 Å². The molecular formula is C12H16N4O2. The Labute approximate surface area is 105 Å². The third-order valence-corrected chi connectivity index (χ3v) is 2.10. The van der Waals surface area contributed by atoms with Crippen molar-refractivity contribution < 1.29 is 9.53 Å². The van der Waals surface area contributed by atoms with E-state index in [1.54, 1.807) is 23.0 Å². The number of fused-ring (bicyclic) bond motifs is 1. The Morgan fingerprint density at radius 2 is 2.28 bits per heavy atom. The maximum absolute atomic E-state index is 11.5. The number of rotatable bonds is 2. The molecule has 0 aliphatic heterocycles. The highest BCUT2D eigenvalue weighted by Crippen LogP contribution is 2.07. The molecule has 0 radical (unpaired) electrons. The van der Waals surface area contributed by atoms with Crippen molar-refractivity contribution in [2.75, 3.05) is 0 Å². The number of hydrogen-bond donors (Lipinski definition) is 1.